The zero-order chi connectivity index (χ0) is 29.9. The fourth-order valence-corrected chi connectivity index (χ4v) is 4.47. The van der Waals surface area contributed by atoms with Gasteiger partial charge in [-0.3, -0.25) is 9.59 Å². The Labute approximate surface area is 242 Å². The molecule has 2 aromatic carbocycles. The van der Waals surface area contributed by atoms with Crippen molar-refractivity contribution >= 4 is 35.4 Å². The van der Waals surface area contributed by atoms with Gasteiger partial charge in [0.25, 0.3) is 5.91 Å². The van der Waals surface area contributed by atoms with Crippen LogP contribution in [0.1, 0.15) is 64.6 Å². The summed E-state index contributed by atoms with van der Waals surface area (Å²) in [6.45, 7) is 9.12. The van der Waals surface area contributed by atoms with Gasteiger partial charge in [-0.2, -0.15) is 11.8 Å². The zero-order valence-electron chi connectivity index (χ0n) is 24.4. The van der Waals surface area contributed by atoms with E-state index >= 15 is 0 Å². The van der Waals surface area contributed by atoms with Gasteiger partial charge in [0.15, 0.2) is 0 Å². The molecule has 3 atom stereocenters. The number of hydrogen-bond donors (Lipinski definition) is 2. The van der Waals surface area contributed by atoms with E-state index in [-0.39, 0.29) is 11.9 Å². The predicted octanol–water partition coefficient (Wildman–Crippen LogP) is 5.63. The van der Waals surface area contributed by atoms with Crippen LogP contribution in [0.5, 0.6) is 5.75 Å². The molecule has 0 spiro atoms. The first-order valence-corrected chi connectivity index (χ1v) is 14.7. The number of alkyl carbamates (subject to hydrolysis) is 1. The molecule has 3 amide bonds. The molecule has 2 rings (SSSR count). The van der Waals surface area contributed by atoms with Gasteiger partial charge in [0.1, 0.15) is 23.4 Å². The summed E-state index contributed by atoms with van der Waals surface area (Å²) in [4.78, 5) is 42.5. The molecule has 9 heteroatoms. The topological polar surface area (TPSA) is 97.0 Å². The minimum absolute atomic E-state index is 0.330. The number of thioether (sulfide) groups is 1. The number of ether oxygens (including phenoxy) is 2. The fraction of sp³-hybridized carbons (Fsp3) is 0.452. The molecular formula is C31H41N3O5S. The van der Waals surface area contributed by atoms with Crippen LogP contribution >= 0.6 is 11.8 Å². The number of benzene rings is 2. The van der Waals surface area contributed by atoms with E-state index in [9.17, 15) is 14.4 Å². The van der Waals surface area contributed by atoms with E-state index in [0.717, 1.165) is 0 Å². The van der Waals surface area contributed by atoms with Crippen molar-refractivity contribution in [2.24, 2.45) is 0 Å². The number of nitrogens with zero attached hydrogens (tertiary/aromatic N) is 1. The molecule has 0 heterocycles. The van der Waals surface area contributed by atoms with Crippen LogP contribution in [0.4, 0.5) is 10.5 Å². The van der Waals surface area contributed by atoms with Gasteiger partial charge in [-0.05, 0) is 94.5 Å². The number of methoxy groups -OCH3 is 1. The number of carbonyl (C=O) groups excluding carboxylic acids is 3. The molecule has 0 fully saturated rings. The van der Waals surface area contributed by atoms with Gasteiger partial charge in [0.05, 0.1) is 7.11 Å². The maximum absolute atomic E-state index is 14.2. The molecule has 8 nitrogen and oxygen atoms in total. The zero-order valence-corrected chi connectivity index (χ0v) is 25.3. The number of rotatable bonds is 12. The first-order chi connectivity index (χ1) is 18.9. The molecule has 0 bridgehead atoms. The molecule has 0 aliphatic heterocycles. The van der Waals surface area contributed by atoms with Gasteiger partial charge >= 0.3 is 6.09 Å². The van der Waals surface area contributed by atoms with Gasteiger partial charge in [-0.15, -0.1) is 6.42 Å². The van der Waals surface area contributed by atoms with E-state index in [4.69, 9.17) is 15.9 Å². The van der Waals surface area contributed by atoms with Crippen molar-refractivity contribution in [2.45, 2.75) is 71.2 Å². The fourth-order valence-electron chi connectivity index (χ4n) is 4.00. The monoisotopic (exact) mass is 567 g/mol. The van der Waals surface area contributed by atoms with Gasteiger partial charge < -0.3 is 25.0 Å². The molecule has 2 N–H and O–H groups in total. The summed E-state index contributed by atoms with van der Waals surface area (Å²) in [5, 5.41) is 5.70. The Hall–Kier alpha value is -3.64. The third kappa shape index (κ3) is 9.53. The van der Waals surface area contributed by atoms with Crippen LogP contribution in [0, 0.1) is 12.3 Å². The number of anilines is 1. The molecule has 0 aliphatic carbocycles. The lowest BCUT2D eigenvalue weighted by atomic mass is 9.98. The van der Waals surface area contributed by atoms with Crippen molar-refractivity contribution in [3.8, 4) is 18.1 Å². The highest BCUT2D eigenvalue weighted by Gasteiger charge is 2.38. The van der Waals surface area contributed by atoms with Crippen LogP contribution < -0.4 is 15.4 Å². The molecule has 0 saturated heterocycles. The van der Waals surface area contributed by atoms with Gasteiger partial charge in [-0.25, -0.2) is 4.79 Å². The highest BCUT2D eigenvalue weighted by atomic mass is 32.2. The Morgan fingerprint density at radius 1 is 1.07 bits per heavy atom. The number of nitrogens with one attached hydrogen (secondary N) is 2. The van der Waals surface area contributed by atoms with Gasteiger partial charge in [0, 0.05) is 17.3 Å². The lowest BCUT2D eigenvalue weighted by Gasteiger charge is -2.38. The quantitative estimate of drug-likeness (QED) is 0.323. The smallest absolute Gasteiger partial charge is 0.408 e. The molecule has 2 aromatic rings. The average molecular weight is 568 g/mol. The summed E-state index contributed by atoms with van der Waals surface area (Å²) in [7, 11) is 1.57. The van der Waals surface area contributed by atoms with E-state index in [1.165, 1.54) is 0 Å². The maximum Gasteiger partial charge on any atom is 0.408 e. The molecule has 40 heavy (non-hydrogen) atoms. The van der Waals surface area contributed by atoms with Crippen molar-refractivity contribution in [1.82, 2.24) is 10.2 Å². The molecule has 3 unspecified atom stereocenters. The lowest BCUT2D eigenvalue weighted by Crippen LogP contribution is -2.55. The van der Waals surface area contributed by atoms with E-state index < -0.39 is 29.7 Å². The molecule has 0 aliphatic rings. The second-order valence-corrected chi connectivity index (χ2v) is 11.4. The number of hydrogen-bond acceptors (Lipinski definition) is 6. The Balaban J connectivity index is 2.55. The van der Waals surface area contributed by atoms with Crippen molar-refractivity contribution < 1.29 is 23.9 Å². The normalized spacial score (nSPS) is 13.2. The second-order valence-electron chi connectivity index (χ2n) is 10.4. The maximum atomic E-state index is 14.2. The summed E-state index contributed by atoms with van der Waals surface area (Å²) in [5.74, 6) is 3.10. The summed E-state index contributed by atoms with van der Waals surface area (Å²) in [5.41, 5.74) is 1.08. The lowest BCUT2D eigenvalue weighted by molar-refractivity contribution is -0.143. The molecular weight excluding hydrogens is 526 g/mol. The van der Waals surface area contributed by atoms with E-state index in [2.05, 4.69) is 16.6 Å². The van der Waals surface area contributed by atoms with Gasteiger partial charge in [-0.1, -0.05) is 25.0 Å². The first kappa shape index (κ1) is 32.6. The molecule has 0 aromatic heterocycles. The average Bonchev–Trinajstić information content (AvgIpc) is 2.92. The highest BCUT2D eigenvalue weighted by molar-refractivity contribution is 7.98. The first-order valence-electron chi connectivity index (χ1n) is 13.3. The van der Waals surface area contributed by atoms with Crippen molar-refractivity contribution in [2.75, 3.05) is 24.4 Å². The third-order valence-electron chi connectivity index (χ3n) is 6.20. The van der Waals surface area contributed by atoms with Crippen LogP contribution in [0.2, 0.25) is 0 Å². The van der Waals surface area contributed by atoms with E-state index in [0.29, 0.717) is 41.2 Å². The van der Waals surface area contributed by atoms with Crippen molar-refractivity contribution in [3.63, 3.8) is 0 Å². The largest absolute Gasteiger partial charge is 0.497 e. The van der Waals surface area contributed by atoms with Crippen LogP contribution in [-0.4, -0.2) is 59.6 Å². The van der Waals surface area contributed by atoms with E-state index in [1.807, 2.05) is 20.1 Å². The molecule has 0 radical (unpaired) electrons. The number of carbonyl (C=O) groups is 3. The minimum atomic E-state index is -0.992. The summed E-state index contributed by atoms with van der Waals surface area (Å²) in [6.07, 6.45) is 7.76. The Bertz CT molecular complexity index is 1170. The molecule has 0 saturated carbocycles. The van der Waals surface area contributed by atoms with Crippen molar-refractivity contribution in [3.05, 3.63) is 59.7 Å². The number of terminal acetylenes is 1. The van der Waals surface area contributed by atoms with Crippen LogP contribution in [-0.2, 0) is 14.3 Å². The molecule has 216 valence electrons. The summed E-state index contributed by atoms with van der Waals surface area (Å²) >= 11 is 1.56. The SMILES string of the molecule is C#Cc1ccc(C(C(=O)Nc2ccc(OC)cc2)N(C(=O)C(CCSC)NC(=O)OC(C)(C)C)C(C)CC)cc1. The Morgan fingerprint density at radius 2 is 1.70 bits per heavy atom. The van der Waals surface area contributed by atoms with E-state index in [1.54, 1.807) is 93.1 Å². The Morgan fingerprint density at radius 3 is 2.20 bits per heavy atom. The van der Waals surface area contributed by atoms with Crippen LogP contribution in [0.25, 0.3) is 0 Å². The standard InChI is InChI=1S/C31H41N3O5S/c1-9-21(3)34(29(36)26(19-20-40-8)33-30(37)39-31(4,5)6)27(23-13-11-22(10-2)12-14-23)28(35)32-24-15-17-25(38-7)18-16-24/h2,11-18,21,26-27H,9,19-20H2,1,3-8H3,(H,32,35)(H,33,37). The summed E-state index contributed by atoms with van der Waals surface area (Å²) < 4.78 is 10.7. The van der Waals surface area contributed by atoms with Crippen LogP contribution in [0.3, 0.4) is 0 Å². The Kier molecular flexibility index (Phi) is 12.4. The van der Waals surface area contributed by atoms with Gasteiger partial charge in [0.2, 0.25) is 5.91 Å². The minimum Gasteiger partial charge on any atom is -0.497 e. The van der Waals surface area contributed by atoms with Crippen molar-refractivity contribution in [1.29, 1.82) is 0 Å². The highest BCUT2D eigenvalue weighted by Crippen LogP contribution is 2.29. The second kappa shape index (κ2) is 15.2. The number of amides is 3. The van der Waals surface area contributed by atoms with Crippen LogP contribution in [0.15, 0.2) is 48.5 Å². The third-order valence-corrected chi connectivity index (χ3v) is 6.84. The predicted molar refractivity (Wildman–Crippen MR) is 161 cm³/mol. The summed E-state index contributed by atoms with van der Waals surface area (Å²) in [6, 6.07) is 11.7.